The van der Waals surface area contributed by atoms with Crippen molar-refractivity contribution in [2.24, 2.45) is 5.92 Å². The van der Waals surface area contributed by atoms with Crippen LogP contribution >= 0.6 is 0 Å². The highest BCUT2D eigenvalue weighted by Crippen LogP contribution is 2.44. The van der Waals surface area contributed by atoms with Crippen LogP contribution in [0.2, 0.25) is 0 Å². The van der Waals surface area contributed by atoms with Crippen molar-refractivity contribution < 1.29 is 9.59 Å². The molecule has 0 spiro atoms. The van der Waals surface area contributed by atoms with Crippen molar-refractivity contribution in [1.29, 1.82) is 0 Å². The number of rotatable bonds is 0. The fraction of sp³-hybridized carbons (Fsp3) is 0.733. The van der Waals surface area contributed by atoms with Gasteiger partial charge in [0.05, 0.1) is 0 Å². The zero-order chi connectivity index (χ0) is 13.0. The van der Waals surface area contributed by atoms with E-state index in [-0.39, 0.29) is 0 Å². The molecule has 4 heterocycles. The second-order valence-electron chi connectivity index (χ2n) is 6.26. The molecule has 2 fully saturated rings. The van der Waals surface area contributed by atoms with Gasteiger partial charge in [-0.3, -0.25) is 9.59 Å². The molecule has 4 aliphatic heterocycles. The molecule has 0 aromatic heterocycles. The number of hydrogen-bond acceptors (Lipinski definition) is 2. The summed E-state index contributed by atoms with van der Waals surface area (Å²) in [4.78, 5) is 28.4. The number of piperidine rings is 2. The van der Waals surface area contributed by atoms with Crippen LogP contribution in [0.25, 0.3) is 0 Å². The smallest absolute Gasteiger partial charge is 0.226 e. The summed E-state index contributed by atoms with van der Waals surface area (Å²) in [5, 5.41) is 0. The van der Waals surface area contributed by atoms with E-state index in [4.69, 9.17) is 0 Å². The molecule has 0 aliphatic carbocycles. The van der Waals surface area contributed by atoms with E-state index in [0.29, 0.717) is 36.6 Å². The Hall–Kier alpha value is -1.32. The minimum absolute atomic E-state index is 0.305. The van der Waals surface area contributed by atoms with E-state index >= 15 is 0 Å². The molecule has 0 radical (unpaired) electrons. The van der Waals surface area contributed by atoms with E-state index in [1.54, 1.807) is 0 Å². The Labute approximate surface area is 113 Å². The van der Waals surface area contributed by atoms with Gasteiger partial charge in [-0.15, -0.1) is 0 Å². The zero-order valence-electron chi connectivity index (χ0n) is 11.2. The monoisotopic (exact) mass is 260 g/mol. The van der Waals surface area contributed by atoms with Crippen LogP contribution in [0.1, 0.15) is 44.9 Å². The number of amides is 2. The first-order chi connectivity index (χ1) is 9.25. The Morgan fingerprint density at radius 2 is 1.84 bits per heavy atom. The Balaban J connectivity index is 1.77. The fourth-order valence-corrected chi connectivity index (χ4v) is 4.47. The Bertz CT molecular complexity index is 483. The van der Waals surface area contributed by atoms with E-state index in [0.717, 1.165) is 45.2 Å². The van der Waals surface area contributed by atoms with E-state index in [1.807, 2.05) is 4.90 Å². The highest BCUT2D eigenvalue weighted by molar-refractivity contribution is 5.81. The van der Waals surface area contributed by atoms with Gasteiger partial charge in [0.1, 0.15) is 0 Å². The molecule has 19 heavy (non-hydrogen) atoms. The van der Waals surface area contributed by atoms with Crippen molar-refractivity contribution >= 4 is 11.8 Å². The number of carbonyl (C=O) groups is 2. The summed E-state index contributed by atoms with van der Waals surface area (Å²) >= 11 is 0. The highest BCUT2D eigenvalue weighted by atomic mass is 16.2. The molecule has 4 aliphatic rings. The zero-order valence-corrected chi connectivity index (χ0v) is 11.2. The van der Waals surface area contributed by atoms with Crippen molar-refractivity contribution in [3.8, 4) is 0 Å². The topological polar surface area (TPSA) is 40.6 Å². The standard InChI is InChI=1S/C15H20N2O2/c18-13-5-1-4-12-11-6-7-14(19)16-8-2-3-10(15(11)16)9-17(12)13/h11-12H,1-9H2/t11-,12-/m1/s1. The molecule has 4 nitrogen and oxygen atoms in total. The molecule has 0 aromatic rings. The van der Waals surface area contributed by atoms with Gasteiger partial charge in [-0.25, -0.2) is 0 Å². The first-order valence-electron chi connectivity index (χ1n) is 7.57. The lowest BCUT2D eigenvalue weighted by Gasteiger charge is -2.52. The van der Waals surface area contributed by atoms with Gasteiger partial charge in [0.2, 0.25) is 11.8 Å². The summed E-state index contributed by atoms with van der Waals surface area (Å²) < 4.78 is 0. The van der Waals surface area contributed by atoms with E-state index < -0.39 is 0 Å². The first kappa shape index (κ1) is 11.5. The maximum absolute atomic E-state index is 12.2. The van der Waals surface area contributed by atoms with Gasteiger partial charge in [0, 0.05) is 43.6 Å². The van der Waals surface area contributed by atoms with Gasteiger partial charge in [-0.2, -0.15) is 0 Å². The second kappa shape index (κ2) is 4.09. The van der Waals surface area contributed by atoms with Crippen molar-refractivity contribution in [1.82, 2.24) is 9.80 Å². The molecule has 0 bridgehead atoms. The van der Waals surface area contributed by atoms with Gasteiger partial charge in [-0.05, 0) is 37.7 Å². The van der Waals surface area contributed by atoms with Crippen molar-refractivity contribution in [2.45, 2.75) is 51.0 Å². The molecule has 0 saturated carbocycles. The Morgan fingerprint density at radius 1 is 0.947 bits per heavy atom. The molecule has 2 saturated heterocycles. The third-order valence-electron chi connectivity index (χ3n) is 5.27. The van der Waals surface area contributed by atoms with Gasteiger partial charge in [-0.1, -0.05) is 0 Å². The van der Waals surface area contributed by atoms with Crippen LogP contribution in [0, 0.1) is 5.92 Å². The van der Waals surface area contributed by atoms with Gasteiger partial charge >= 0.3 is 0 Å². The van der Waals surface area contributed by atoms with Crippen LogP contribution in [0.4, 0.5) is 0 Å². The number of carbonyl (C=O) groups excluding carboxylic acids is 2. The summed E-state index contributed by atoms with van der Waals surface area (Å²) in [6.45, 7) is 1.69. The Kier molecular flexibility index (Phi) is 2.47. The molecular formula is C15H20N2O2. The first-order valence-corrected chi connectivity index (χ1v) is 7.57. The lowest BCUT2D eigenvalue weighted by molar-refractivity contribution is -0.140. The fourth-order valence-electron chi connectivity index (χ4n) is 4.47. The largest absolute Gasteiger partial charge is 0.335 e. The predicted octanol–water partition coefficient (Wildman–Crippen LogP) is 1.67. The van der Waals surface area contributed by atoms with Crippen LogP contribution in [0.3, 0.4) is 0 Å². The lowest BCUT2D eigenvalue weighted by atomic mass is 9.75. The molecule has 2 amide bonds. The third kappa shape index (κ3) is 1.58. The minimum Gasteiger partial charge on any atom is -0.335 e. The van der Waals surface area contributed by atoms with Crippen LogP contribution in [-0.2, 0) is 9.59 Å². The summed E-state index contributed by atoms with van der Waals surface area (Å²) in [7, 11) is 0. The average molecular weight is 260 g/mol. The molecule has 0 aromatic carbocycles. The number of hydrogen-bond donors (Lipinski definition) is 0. The van der Waals surface area contributed by atoms with Crippen molar-refractivity contribution in [2.75, 3.05) is 13.1 Å². The summed E-state index contributed by atoms with van der Waals surface area (Å²) in [5.74, 6) is 1.07. The van der Waals surface area contributed by atoms with Crippen molar-refractivity contribution in [3.63, 3.8) is 0 Å². The highest BCUT2D eigenvalue weighted by Gasteiger charge is 2.46. The lowest BCUT2D eigenvalue weighted by Crippen LogP contribution is -2.57. The summed E-state index contributed by atoms with van der Waals surface area (Å²) in [5.41, 5.74) is 2.69. The van der Waals surface area contributed by atoms with Crippen LogP contribution in [-0.4, -0.2) is 40.7 Å². The number of fused-ring (bicyclic) bond motifs is 2. The van der Waals surface area contributed by atoms with E-state index in [9.17, 15) is 9.59 Å². The average Bonchev–Trinajstić information content (AvgIpc) is 2.43. The quantitative estimate of drug-likeness (QED) is 0.664. The maximum atomic E-state index is 12.2. The normalized spacial score (nSPS) is 34.3. The minimum atomic E-state index is 0.305. The predicted molar refractivity (Wildman–Crippen MR) is 70.0 cm³/mol. The third-order valence-corrected chi connectivity index (χ3v) is 5.27. The van der Waals surface area contributed by atoms with Gasteiger partial charge < -0.3 is 9.80 Å². The van der Waals surface area contributed by atoms with Crippen LogP contribution in [0.5, 0.6) is 0 Å². The van der Waals surface area contributed by atoms with Crippen LogP contribution < -0.4 is 0 Å². The molecule has 4 rings (SSSR count). The van der Waals surface area contributed by atoms with E-state index in [1.165, 1.54) is 11.3 Å². The molecule has 2 atom stereocenters. The Morgan fingerprint density at radius 3 is 2.74 bits per heavy atom. The molecular weight excluding hydrogens is 240 g/mol. The second-order valence-corrected chi connectivity index (χ2v) is 6.26. The SMILES string of the molecule is O=C1CC[C@H]2C3=C(CCCN13)CN1C(=O)CCC[C@H]21. The summed E-state index contributed by atoms with van der Waals surface area (Å²) in [6, 6.07) is 0.369. The molecule has 102 valence electrons. The maximum Gasteiger partial charge on any atom is 0.226 e. The van der Waals surface area contributed by atoms with Gasteiger partial charge in [0.25, 0.3) is 0 Å². The molecule has 4 heteroatoms. The van der Waals surface area contributed by atoms with E-state index in [2.05, 4.69) is 4.90 Å². The van der Waals surface area contributed by atoms with Crippen LogP contribution in [0.15, 0.2) is 11.3 Å². The molecule has 0 unspecified atom stereocenters. The molecule has 0 N–H and O–H groups in total. The van der Waals surface area contributed by atoms with Crippen molar-refractivity contribution in [3.05, 3.63) is 11.3 Å². The van der Waals surface area contributed by atoms with Gasteiger partial charge in [0.15, 0.2) is 0 Å². The summed E-state index contributed by atoms with van der Waals surface area (Å²) in [6.07, 6.45) is 6.61. The number of nitrogens with zero attached hydrogens (tertiary/aromatic N) is 2.